The molecular weight excluding hydrogens is 220 g/mol. The van der Waals surface area contributed by atoms with Gasteiger partial charge in [0.15, 0.2) is 0 Å². The minimum Gasteiger partial charge on any atom is -0.313 e. The Labute approximate surface area is 114 Å². The SMILES string of the molecule is CCCC(C)(CNC1CC1)CN(C)C(C)C1CC1. The number of nitrogens with zero attached hydrogens (tertiary/aromatic N) is 1. The average Bonchev–Trinajstić information content (AvgIpc) is 3.17. The van der Waals surface area contributed by atoms with Crippen LogP contribution in [-0.4, -0.2) is 37.1 Å². The fraction of sp³-hybridized carbons (Fsp3) is 1.00. The molecule has 0 aromatic heterocycles. The summed E-state index contributed by atoms with van der Waals surface area (Å²) in [7, 11) is 2.33. The summed E-state index contributed by atoms with van der Waals surface area (Å²) in [5.41, 5.74) is 0.454. The summed E-state index contributed by atoms with van der Waals surface area (Å²) in [6.45, 7) is 9.66. The second-order valence-corrected chi connectivity index (χ2v) is 7.21. The van der Waals surface area contributed by atoms with E-state index in [0.717, 1.165) is 18.0 Å². The van der Waals surface area contributed by atoms with Crippen molar-refractivity contribution in [3.8, 4) is 0 Å². The van der Waals surface area contributed by atoms with Crippen molar-refractivity contribution in [1.29, 1.82) is 0 Å². The van der Waals surface area contributed by atoms with Crippen molar-refractivity contribution in [3.63, 3.8) is 0 Å². The van der Waals surface area contributed by atoms with Crippen LogP contribution in [0.4, 0.5) is 0 Å². The first-order chi connectivity index (χ1) is 8.54. The van der Waals surface area contributed by atoms with E-state index in [1.165, 1.54) is 51.6 Å². The molecule has 0 radical (unpaired) electrons. The highest BCUT2D eigenvalue weighted by Crippen LogP contribution is 2.36. The third-order valence-electron chi connectivity index (χ3n) is 4.88. The van der Waals surface area contributed by atoms with Gasteiger partial charge in [-0.2, -0.15) is 0 Å². The molecule has 0 aromatic rings. The lowest BCUT2D eigenvalue weighted by Gasteiger charge is -2.37. The van der Waals surface area contributed by atoms with E-state index in [0.29, 0.717) is 5.41 Å². The van der Waals surface area contributed by atoms with E-state index in [-0.39, 0.29) is 0 Å². The normalized spacial score (nSPS) is 25.2. The van der Waals surface area contributed by atoms with Crippen molar-refractivity contribution in [2.45, 2.75) is 71.4 Å². The van der Waals surface area contributed by atoms with Crippen LogP contribution < -0.4 is 5.32 Å². The zero-order valence-electron chi connectivity index (χ0n) is 12.8. The van der Waals surface area contributed by atoms with Crippen LogP contribution in [0.3, 0.4) is 0 Å². The molecule has 0 heterocycles. The van der Waals surface area contributed by atoms with Crippen LogP contribution >= 0.6 is 0 Å². The minimum atomic E-state index is 0.454. The van der Waals surface area contributed by atoms with Crippen molar-refractivity contribution < 1.29 is 0 Å². The van der Waals surface area contributed by atoms with Crippen LogP contribution in [0, 0.1) is 11.3 Å². The smallest absolute Gasteiger partial charge is 0.00923 e. The van der Waals surface area contributed by atoms with Gasteiger partial charge in [-0.05, 0) is 57.4 Å². The standard InChI is InChI=1S/C16H32N2/c1-5-10-16(3,11-17-15-8-9-15)12-18(4)13(2)14-6-7-14/h13-15,17H,5-12H2,1-4H3. The lowest BCUT2D eigenvalue weighted by Crippen LogP contribution is -2.44. The van der Waals surface area contributed by atoms with Gasteiger partial charge in [-0.3, -0.25) is 0 Å². The molecule has 0 amide bonds. The molecule has 2 fully saturated rings. The molecule has 106 valence electrons. The van der Waals surface area contributed by atoms with E-state index >= 15 is 0 Å². The van der Waals surface area contributed by atoms with Crippen LogP contribution in [-0.2, 0) is 0 Å². The summed E-state index contributed by atoms with van der Waals surface area (Å²) in [4.78, 5) is 2.61. The number of hydrogen-bond acceptors (Lipinski definition) is 2. The van der Waals surface area contributed by atoms with E-state index in [2.05, 4.69) is 38.0 Å². The third-order valence-corrected chi connectivity index (χ3v) is 4.88. The van der Waals surface area contributed by atoms with Crippen LogP contribution in [0.25, 0.3) is 0 Å². The molecule has 1 N–H and O–H groups in total. The van der Waals surface area contributed by atoms with E-state index in [4.69, 9.17) is 0 Å². The molecule has 2 atom stereocenters. The first-order valence-corrected chi connectivity index (χ1v) is 7.98. The molecule has 2 aliphatic carbocycles. The van der Waals surface area contributed by atoms with Crippen molar-refractivity contribution >= 4 is 0 Å². The largest absolute Gasteiger partial charge is 0.313 e. The molecule has 0 aromatic carbocycles. The molecular formula is C16H32N2. The Bertz CT molecular complexity index is 258. The Morgan fingerprint density at radius 3 is 2.44 bits per heavy atom. The molecule has 0 spiro atoms. The van der Waals surface area contributed by atoms with Gasteiger partial charge in [0.2, 0.25) is 0 Å². The summed E-state index contributed by atoms with van der Waals surface area (Å²) in [6.07, 6.45) is 8.35. The van der Waals surface area contributed by atoms with Crippen LogP contribution in [0.5, 0.6) is 0 Å². The molecule has 2 nitrogen and oxygen atoms in total. The van der Waals surface area contributed by atoms with Crippen molar-refractivity contribution in [2.75, 3.05) is 20.1 Å². The van der Waals surface area contributed by atoms with Crippen molar-refractivity contribution in [2.24, 2.45) is 11.3 Å². The number of nitrogens with one attached hydrogen (secondary N) is 1. The highest BCUT2D eigenvalue weighted by Gasteiger charge is 2.34. The van der Waals surface area contributed by atoms with Gasteiger partial charge in [-0.25, -0.2) is 0 Å². The minimum absolute atomic E-state index is 0.454. The van der Waals surface area contributed by atoms with Gasteiger partial charge in [-0.1, -0.05) is 20.3 Å². The van der Waals surface area contributed by atoms with Crippen LogP contribution in [0.2, 0.25) is 0 Å². The van der Waals surface area contributed by atoms with Crippen molar-refractivity contribution in [3.05, 3.63) is 0 Å². The molecule has 0 saturated heterocycles. The average molecular weight is 252 g/mol. The Morgan fingerprint density at radius 1 is 1.28 bits per heavy atom. The highest BCUT2D eigenvalue weighted by atomic mass is 15.1. The molecule has 0 aliphatic heterocycles. The lowest BCUT2D eigenvalue weighted by atomic mass is 9.84. The molecule has 2 rings (SSSR count). The summed E-state index contributed by atoms with van der Waals surface area (Å²) < 4.78 is 0. The maximum absolute atomic E-state index is 3.74. The molecule has 2 saturated carbocycles. The third kappa shape index (κ3) is 4.24. The molecule has 2 heteroatoms. The molecule has 0 bridgehead atoms. The second-order valence-electron chi connectivity index (χ2n) is 7.21. The lowest BCUT2D eigenvalue weighted by molar-refractivity contribution is 0.132. The first kappa shape index (κ1) is 14.3. The summed E-state index contributed by atoms with van der Waals surface area (Å²) in [5, 5.41) is 3.74. The zero-order valence-corrected chi connectivity index (χ0v) is 12.8. The summed E-state index contributed by atoms with van der Waals surface area (Å²) in [5.74, 6) is 0.984. The Morgan fingerprint density at radius 2 is 1.94 bits per heavy atom. The van der Waals surface area contributed by atoms with Crippen molar-refractivity contribution in [1.82, 2.24) is 10.2 Å². The fourth-order valence-electron chi connectivity index (χ4n) is 3.19. The van der Waals surface area contributed by atoms with E-state index in [9.17, 15) is 0 Å². The van der Waals surface area contributed by atoms with Gasteiger partial charge in [0, 0.05) is 25.2 Å². The second kappa shape index (κ2) is 5.92. The van der Waals surface area contributed by atoms with Crippen LogP contribution in [0.1, 0.15) is 59.3 Å². The van der Waals surface area contributed by atoms with Gasteiger partial charge in [-0.15, -0.1) is 0 Å². The van der Waals surface area contributed by atoms with Gasteiger partial charge in [0.05, 0.1) is 0 Å². The predicted molar refractivity (Wildman–Crippen MR) is 78.9 cm³/mol. The highest BCUT2D eigenvalue weighted by molar-refractivity contribution is 4.90. The number of rotatable bonds is 9. The van der Waals surface area contributed by atoms with E-state index in [1.54, 1.807) is 0 Å². The van der Waals surface area contributed by atoms with E-state index < -0.39 is 0 Å². The van der Waals surface area contributed by atoms with Gasteiger partial charge in [0.25, 0.3) is 0 Å². The van der Waals surface area contributed by atoms with Gasteiger partial charge >= 0.3 is 0 Å². The molecule has 2 unspecified atom stereocenters. The van der Waals surface area contributed by atoms with Gasteiger partial charge < -0.3 is 10.2 Å². The van der Waals surface area contributed by atoms with E-state index in [1.807, 2.05) is 0 Å². The molecule has 2 aliphatic rings. The first-order valence-electron chi connectivity index (χ1n) is 7.98. The summed E-state index contributed by atoms with van der Waals surface area (Å²) >= 11 is 0. The van der Waals surface area contributed by atoms with Crippen LogP contribution in [0.15, 0.2) is 0 Å². The quantitative estimate of drug-likeness (QED) is 0.677. The topological polar surface area (TPSA) is 15.3 Å². The Balaban J connectivity index is 1.81. The maximum Gasteiger partial charge on any atom is 0.00923 e. The zero-order chi connectivity index (χ0) is 13.2. The maximum atomic E-state index is 3.74. The predicted octanol–water partition coefficient (Wildman–Crippen LogP) is 3.28. The Hall–Kier alpha value is -0.0800. The summed E-state index contributed by atoms with van der Waals surface area (Å²) in [6, 6.07) is 1.62. The molecule has 18 heavy (non-hydrogen) atoms. The Kier molecular flexibility index (Phi) is 4.71. The number of hydrogen-bond donors (Lipinski definition) is 1. The monoisotopic (exact) mass is 252 g/mol. The van der Waals surface area contributed by atoms with Gasteiger partial charge in [0.1, 0.15) is 0 Å². The fourth-order valence-corrected chi connectivity index (χ4v) is 3.19.